The van der Waals surface area contributed by atoms with Gasteiger partial charge in [0, 0.05) is 24.7 Å². The summed E-state index contributed by atoms with van der Waals surface area (Å²) < 4.78 is 27.5. The topological polar surface area (TPSA) is 110 Å². The van der Waals surface area contributed by atoms with Crippen molar-refractivity contribution in [2.24, 2.45) is 11.7 Å². The number of benzene rings is 1. The highest BCUT2D eigenvalue weighted by Crippen LogP contribution is 2.35. The van der Waals surface area contributed by atoms with Crippen molar-refractivity contribution in [3.63, 3.8) is 0 Å². The molecule has 3 N–H and O–H groups in total. The Hall–Kier alpha value is -1.64. The van der Waals surface area contributed by atoms with Crippen LogP contribution in [0.1, 0.15) is 31.7 Å². The number of nitrogens with one attached hydrogen (secondary N) is 1. The second-order valence-electron chi connectivity index (χ2n) is 6.59. The Labute approximate surface area is 151 Å². The van der Waals surface area contributed by atoms with Gasteiger partial charge < -0.3 is 11.1 Å². The number of carbonyl (C=O) groups is 2. The van der Waals surface area contributed by atoms with E-state index in [9.17, 15) is 18.0 Å². The highest BCUT2D eigenvalue weighted by molar-refractivity contribution is 7.89. The highest BCUT2D eigenvalue weighted by Gasteiger charge is 2.38. The number of aryl methyl sites for hydroxylation is 1. The van der Waals surface area contributed by atoms with Crippen LogP contribution in [0.2, 0.25) is 5.02 Å². The predicted octanol–water partition coefficient (Wildman–Crippen LogP) is 1.50. The van der Waals surface area contributed by atoms with E-state index < -0.39 is 21.8 Å². The Morgan fingerprint density at radius 3 is 2.72 bits per heavy atom. The van der Waals surface area contributed by atoms with Crippen LogP contribution in [-0.2, 0) is 26.0 Å². The number of sulfonamides is 1. The number of hydrogen-bond acceptors (Lipinski definition) is 4. The second-order valence-corrected chi connectivity index (χ2v) is 8.85. The van der Waals surface area contributed by atoms with Gasteiger partial charge in [-0.25, -0.2) is 8.42 Å². The lowest BCUT2D eigenvalue weighted by Crippen LogP contribution is -2.48. The molecule has 0 aliphatic carbocycles. The minimum Gasteiger partial charge on any atom is -0.369 e. The first kappa shape index (κ1) is 18.2. The lowest BCUT2D eigenvalue weighted by molar-refractivity contribution is -0.123. The quantitative estimate of drug-likeness (QED) is 0.821. The molecule has 2 atom stereocenters. The third-order valence-electron chi connectivity index (χ3n) is 4.87. The van der Waals surface area contributed by atoms with Crippen molar-refractivity contribution in [3.05, 3.63) is 22.7 Å². The van der Waals surface area contributed by atoms with Crippen LogP contribution in [0.25, 0.3) is 0 Å². The van der Waals surface area contributed by atoms with Gasteiger partial charge in [0.2, 0.25) is 21.8 Å². The lowest BCUT2D eigenvalue weighted by Gasteiger charge is -2.36. The van der Waals surface area contributed by atoms with E-state index in [1.54, 1.807) is 13.0 Å². The van der Waals surface area contributed by atoms with Gasteiger partial charge in [-0.3, -0.25) is 9.59 Å². The van der Waals surface area contributed by atoms with Crippen molar-refractivity contribution in [1.82, 2.24) is 4.31 Å². The average molecular weight is 386 g/mol. The van der Waals surface area contributed by atoms with Crippen LogP contribution >= 0.6 is 11.6 Å². The maximum absolute atomic E-state index is 13.1. The number of anilines is 1. The van der Waals surface area contributed by atoms with Crippen molar-refractivity contribution < 1.29 is 18.0 Å². The van der Waals surface area contributed by atoms with Gasteiger partial charge in [-0.05, 0) is 43.9 Å². The van der Waals surface area contributed by atoms with E-state index >= 15 is 0 Å². The normalized spacial score (nSPS) is 24.5. The number of amides is 2. The highest BCUT2D eigenvalue weighted by atomic mass is 35.5. The van der Waals surface area contributed by atoms with Crippen LogP contribution in [0.15, 0.2) is 17.0 Å². The second kappa shape index (κ2) is 6.59. The molecule has 2 amide bonds. The molecule has 2 heterocycles. The summed E-state index contributed by atoms with van der Waals surface area (Å²) in [4.78, 5) is 23.0. The first-order valence-corrected chi connectivity index (χ1v) is 9.95. The van der Waals surface area contributed by atoms with Gasteiger partial charge in [0.1, 0.15) is 4.90 Å². The molecule has 1 aromatic rings. The standard InChI is InChI=1S/C16H20ClN3O4S/c1-9-2-3-11(16(18)22)8-20(9)25(23,24)14-7-13-10(6-12(14)17)4-5-15(21)19-13/h6-7,9,11H,2-5,8H2,1H3,(H2,18,22)(H,19,21)/t9-,11+/m0/s1. The number of nitrogens with zero attached hydrogens (tertiary/aromatic N) is 1. The molecule has 3 rings (SSSR count). The number of nitrogens with two attached hydrogens (primary N) is 1. The maximum Gasteiger partial charge on any atom is 0.244 e. The maximum atomic E-state index is 13.1. The predicted molar refractivity (Wildman–Crippen MR) is 93.7 cm³/mol. The SMILES string of the molecule is C[C@H]1CC[C@@H](C(N)=O)CN1S(=O)(=O)c1cc2c(cc1Cl)CCC(=O)N2. The molecule has 9 heteroatoms. The van der Waals surface area contributed by atoms with Gasteiger partial charge in [0.25, 0.3) is 0 Å². The fraction of sp³-hybridized carbons (Fsp3) is 0.500. The van der Waals surface area contributed by atoms with E-state index in [1.165, 1.54) is 10.4 Å². The zero-order valence-corrected chi connectivity index (χ0v) is 15.4. The molecule has 0 unspecified atom stereocenters. The van der Waals surface area contributed by atoms with E-state index in [1.807, 2.05) is 0 Å². The Balaban J connectivity index is 2.00. The van der Waals surface area contributed by atoms with Crippen LogP contribution in [0.3, 0.4) is 0 Å². The Morgan fingerprint density at radius 2 is 2.04 bits per heavy atom. The molecule has 0 aromatic heterocycles. The number of primary amides is 1. The summed E-state index contributed by atoms with van der Waals surface area (Å²) in [6, 6.07) is 2.73. The minimum atomic E-state index is -3.92. The molecular formula is C16H20ClN3O4S. The summed E-state index contributed by atoms with van der Waals surface area (Å²) >= 11 is 6.24. The molecule has 7 nitrogen and oxygen atoms in total. The zero-order valence-electron chi connectivity index (χ0n) is 13.8. The van der Waals surface area contributed by atoms with Crippen LogP contribution in [0.5, 0.6) is 0 Å². The van der Waals surface area contributed by atoms with Gasteiger partial charge in [0.15, 0.2) is 0 Å². The molecule has 0 spiro atoms. The third kappa shape index (κ3) is 3.38. The van der Waals surface area contributed by atoms with Crippen molar-refractivity contribution in [2.75, 3.05) is 11.9 Å². The minimum absolute atomic E-state index is 0.0403. The van der Waals surface area contributed by atoms with Crippen molar-refractivity contribution in [2.45, 2.75) is 43.5 Å². The van der Waals surface area contributed by atoms with Crippen LogP contribution in [0, 0.1) is 5.92 Å². The largest absolute Gasteiger partial charge is 0.369 e. The van der Waals surface area contributed by atoms with Gasteiger partial charge >= 0.3 is 0 Å². The monoisotopic (exact) mass is 385 g/mol. The summed E-state index contributed by atoms with van der Waals surface area (Å²) in [5.74, 6) is -1.17. The molecule has 136 valence electrons. The molecule has 25 heavy (non-hydrogen) atoms. The Bertz CT molecular complexity index is 840. The van der Waals surface area contributed by atoms with Crippen LogP contribution < -0.4 is 11.1 Å². The lowest BCUT2D eigenvalue weighted by atomic mass is 9.95. The number of carbonyl (C=O) groups excluding carboxylic acids is 2. The van der Waals surface area contributed by atoms with Crippen molar-refractivity contribution >= 4 is 39.1 Å². The Morgan fingerprint density at radius 1 is 1.32 bits per heavy atom. The number of piperidine rings is 1. The molecule has 0 radical (unpaired) electrons. The first-order valence-electron chi connectivity index (χ1n) is 8.13. The molecule has 0 saturated carbocycles. The number of hydrogen-bond donors (Lipinski definition) is 2. The van der Waals surface area contributed by atoms with E-state index in [4.69, 9.17) is 17.3 Å². The molecule has 2 aliphatic heterocycles. The molecule has 2 aliphatic rings. The molecule has 0 bridgehead atoms. The number of rotatable bonds is 3. The smallest absolute Gasteiger partial charge is 0.244 e. The zero-order chi connectivity index (χ0) is 18.4. The summed E-state index contributed by atoms with van der Waals surface area (Å²) in [5, 5.41) is 2.80. The summed E-state index contributed by atoms with van der Waals surface area (Å²) in [7, 11) is -3.92. The van der Waals surface area contributed by atoms with Crippen LogP contribution in [0.4, 0.5) is 5.69 Å². The van der Waals surface area contributed by atoms with Gasteiger partial charge in [0.05, 0.1) is 10.9 Å². The first-order chi connectivity index (χ1) is 11.7. The van der Waals surface area contributed by atoms with E-state index in [-0.39, 0.29) is 28.4 Å². The van der Waals surface area contributed by atoms with Crippen molar-refractivity contribution in [1.29, 1.82) is 0 Å². The van der Waals surface area contributed by atoms with Gasteiger partial charge in [-0.15, -0.1) is 0 Å². The van der Waals surface area contributed by atoms with Gasteiger partial charge in [-0.1, -0.05) is 11.6 Å². The molecule has 1 saturated heterocycles. The summed E-state index contributed by atoms with van der Waals surface area (Å²) in [6.07, 6.45) is 1.98. The molecule has 1 fully saturated rings. The summed E-state index contributed by atoms with van der Waals surface area (Å²) in [5.41, 5.74) is 6.64. The van der Waals surface area contributed by atoms with E-state index in [2.05, 4.69) is 5.32 Å². The van der Waals surface area contributed by atoms with Crippen LogP contribution in [-0.4, -0.2) is 37.1 Å². The number of halogens is 1. The molecule has 1 aromatic carbocycles. The average Bonchev–Trinajstić information content (AvgIpc) is 2.54. The van der Waals surface area contributed by atoms with E-state index in [0.29, 0.717) is 31.4 Å². The Kier molecular flexibility index (Phi) is 4.78. The van der Waals surface area contributed by atoms with Crippen molar-refractivity contribution in [3.8, 4) is 0 Å². The number of fused-ring (bicyclic) bond motifs is 1. The fourth-order valence-corrected chi connectivity index (χ4v) is 5.60. The third-order valence-corrected chi connectivity index (χ3v) is 7.31. The van der Waals surface area contributed by atoms with Gasteiger partial charge in [-0.2, -0.15) is 4.31 Å². The van der Waals surface area contributed by atoms with E-state index in [0.717, 1.165) is 5.56 Å². The summed E-state index contributed by atoms with van der Waals surface area (Å²) in [6.45, 7) is 1.83. The fourth-order valence-electron chi connectivity index (χ4n) is 3.34. The molecular weight excluding hydrogens is 366 g/mol.